The highest BCUT2D eigenvalue weighted by atomic mass is 16.5. The van der Waals surface area contributed by atoms with Crippen LogP contribution in [0.25, 0.3) is 0 Å². The van der Waals surface area contributed by atoms with Crippen molar-refractivity contribution in [1.29, 1.82) is 0 Å². The van der Waals surface area contributed by atoms with Gasteiger partial charge in [-0.05, 0) is 12.8 Å². The number of carbonyl (C=O) groups is 2. The first-order chi connectivity index (χ1) is 7.66. The second-order valence-corrected chi connectivity index (χ2v) is 4.25. The lowest BCUT2D eigenvalue weighted by molar-refractivity contribution is -0.135. The molecule has 2 fully saturated rings. The van der Waals surface area contributed by atoms with Gasteiger partial charge in [-0.3, -0.25) is 4.79 Å². The Hall–Kier alpha value is -1.36. The molecule has 5 heteroatoms. The summed E-state index contributed by atoms with van der Waals surface area (Å²) in [5.74, 6) is -0.210. The van der Waals surface area contributed by atoms with Crippen LogP contribution in [0.1, 0.15) is 19.3 Å². The van der Waals surface area contributed by atoms with Crippen LogP contribution in [0.2, 0.25) is 0 Å². The summed E-state index contributed by atoms with van der Waals surface area (Å²) in [5, 5.41) is 2.77. The molecule has 0 aromatic rings. The summed E-state index contributed by atoms with van der Waals surface area (Å²) in [6.07, 6.45) is 3.80. The number of cyclic esters (lactones) is 1. The molecule has 88 valence electrons. The van der Waals surface area contributed by atoms with Gasteiger partial charge in [0.2, 0.25) is 5.91 Å². The minimum atomic E-state index is -0.272. The summed E-state index contributed by atoms with van der Waals surface area (Å²) in [4.78, 5) is 22.5. The van der Waals surface area contributed by atoms with Crippen molar-refractivity contribution in [2.45, 2.75) is 25.3 Å². The summed E-state index contributed by atoms with van der Waals surface area (Å²) >= 11 is 0. The van der Waals surface area contributed by atoms with E-state index in [-0.39, 0.29) is 23.8 Å². The molecule has 0 saturated carbocycles. The predicted molar refractivity (Wildman–Crippen MR) is 57.4 cm³/mol. The highest BCUT2D eigenvalue weighted by molar-refractivity contribution is 5.90. The highest BCUT2D eigenvalue weighted by Gasteiger charge is 2.26. The van der Waals surface area contributed by atoms with Gasteiger partial charge in [0, 0.05) is 30.5 Å². The molecule has 3 N–H and O–H groups in total. The molecule has 2 atom stereocenters. The second kappa shape index (κ2) is 4.65. The van der Waals surface area contributed by atoms with Gasteiger partial charge < -0.3 is 15.8 Å². The van der Waals surface area contributed by atoms with E-state index in [2.05, 4.69) is 5.32 Å². The molecule has 2 aliphatic rings. The van der Waals surface area contributed by atoms with Gasteiger partial charge in [0.15, 0.2) is 0 Å². The van der Waals surface area contributed by atoms with E-state index in [4.69, 9.17) is 10.5 Å². The summed E-state index contributed by atoms with van der Waals surface area (Å²) < 4.78 is 4.82. The van der Waals surface area contributed by atoms with Gasteiger partial charge in [0.1, 0.15) is 0 Å². The predicted octanol–water partition coefficient (Wildman–Crippen LogP) is -0.287. The number of nitrogens with one attached hydrogen (secondary N) is 1. The summed E-state index contributed by atoms with van der Waals surface area (Å²) in [5.41, 5.74) is 6.54. The number of nitrogens with two attached hydrogens (primary N) is 1. The van der Waals surface area contributed by atoms with Gasteiger partial charge in [0.05, 0.1) is 6.61 Å². The molecule has 2 heterocycles. The average Bonchev–Trinajstić information content (AvgIpc) is 2.79. The second-order valence-electron chi connectivity index (χ2n) is 4.25. The molecule has 16 heavy (non-hydrogen) atoms. The molecule has 2 saturated heterocycles. The molecule has 0 spiro atoms. The molecule has 2 aliphatic heterocycles. The summed E-state index contributed by atoms with van der Waals surface area (Å²) in [7, 11) is 0. The van der Waals surface area contributed by atoms with Crippen molar-refractivity contribution >= 4 is 11.9 Å². The van der Waals surface area contributed by atoms with Gasteiger partial charge in [-0.2, -0.15) is 0 Å². The molecule has 0 radical (unpaired) electrons. The Labute approximate surface area is 94.0 Å². The van der Waals surface area contributed by atoms with Crippen LogP contribution in [0.5, 0.6) is 0 Å². The van der Waals surface area contributed by atoms with Crippen LogP contribution in [-0.4, -0.2) is 31.1 Å². The maximum Gasteiger partial charge on any atom is 0.333 e. The lowest BCUT2D eigenvalue weighted by Gasteiger charge is -2.11. The Morgan fingerprint density at radius 1 is 1.56 bits per heavy atom. The van der Waals surface area contributed by atoms with E-state index in [0.29, 0.717) is 25.0 Å². The Kier molecular flexibility index (Phi) is 3.24. The molecule has 0 aromatic heterocycles. The summed E-state index contributed by atoms with van der Waals surface area (Å²) in [6, 6.07) is -0.241. The van der Waals surface area contributed by atoms with Crippen molar-refractivity contribution in [2.75, 3.05) is 13.2 Å². The lowest BCUT2D eigenvalue weighted by Crippen LogP contribution is -2.27. The average molecular weight is 224 g/mol. The quantitative estimate of drug-likeness (QED) is 0.510. The standard InChI is InChI=1S/C11H16N2O3/c12-9(5-7-1-3-13-10(7)14)6-8-2-4-16-11(8)15/h6-7,9H,1-5,12H2,(H,13,14)/t7-,9-/m0/s1. The zero-order valence-corrected chi connectivity index (χ0v) is 9.07. The van der Waals surface area contributed by atoms with Gasteiger partial charge >= 0.3 is 5.97 Å². The van der Waals surface area contributed by atoms with Crippen LogP contribution in [0.15, 0.2) is 11.6 Å². The van der Waals surface area contributed by atoms with Crippen molar-refractivity contribution < 1.29 is 14.3 Å². The minimum absolute atomic E-state index is 0.00993. The molecule has 2 rings (SSSR count). The number of carbonyl (C=O) groups excluding carboxylic acids is 2. The van der Waals surface area contributed by atoms with E-state index in [9.17, 15) is 9.59 Å². The van der Waals surface area contributed by atoms with Crippen molar-refractivity contribution in [1.82, 2.24) is 5.32 Å². The summed E-state index contributed by atoms with van der Waals surface area (Å²) in [6.45, 7) is 1.18. The maximum atomic E-state index is 11.3. The highest BCUT2D eigenvalue weighted by Crippen LogP contribution is 2.19. The molecule has 0 aliphatic carbocycles. The van der Waals surface area contributed by atoms with Crippen LogP contribution < -0.4 is 11.1 Å². The largest absolute Gasteiger partial charge is 0.462 e. The molecular formula is C11H16N2O3. The zero-order valence-electron chi connectivity index (χ0n) is 9.07. The topological polar surface area (TPSA) is 81.4 Å². The Balaban J connectivity index is 1.90. The van der Waals surface area contributed by atoms with Crippen LogP contribution in [-0.2, 0) is 14.3 Å². The van der Waals surface area contributed by atoms with E-state index in [1.54, 1.807) is 6.08 Å². The van der Waals surface area contributed by atoms with Crippen molar-refractivity contribution in [3.05, 3.63) is 11.6 Å². The lowest BCUT2D eigenvalue weighted by atomic mass is 9.97. The maximum absolute atomic E-state index is 11.3. The first kappa shape index (κ1) is 11.1. The van der Waals surface area contributed by atoms with Gasteiger partial charge in [-0.1, -0.05) is 6.08 Å². The number of hydrogen-bond donors (Lipinski definition) is 2. The fraction of sp³-hybridized carbons (Fsp3) is 0.636. The molecule has 0 bridgehead atoms. The Morgan fingerprint density at radius 2 is 2.38 bits per heavy atom. The van der Waals surface area contributed by atoms with Gasteiger partial charge in [-0.15, -0.1) is 0 Å². The molecule has 1 amide bonds. The van der Waals surface area contributed by atoms with E-state index in [0.717, 1.165) is 13.0 Å². The Morgan fingerprint density at radius 3 is 2.94 bits per heavy atom. The van der Waals surface area contributed by atoms with Crippen LogP contribution in [0.3, 0.4) is 0 Å². The smallest absolute Gasteiger partial charge is 0.333 e. The monoisotopic (exact) mass is 224 g/mol. The molecular weight excluding hydrogens is 208 g/mol. The van der Waals surface area contributed by atoms with Crippen LogP contribution >= 0.6 is 0 Å². The first-order valence-electron chi connectivity index (χ1n) is 5.58. The number of amides is 1. The SMILES string of the molecule is N[C@H](C=C1CCOC1=O)C[C@@H]1CCNC1=O. The van der Waals surface area contributed by atoms with Crippen LogP contribution in [0.4, 0.5) is 0 Å². The third-order valence-electron chi connectivity index (χ3n) is 3.00. The molecule has 5 nitrogen and oxygen atoms in total. The van der Waals surface area contributed by atoms with Crippen LogP contribution in [0, 0.1) is 5.92 Å². The van der Waals surface area contributed by atoms with E-state index in [1.165, 1.54) is 0 Å². The number of rotatable bonds is 3. The number of ether oxygens (including phenoxy) is 1. The molecule has 0 unspecified atom stereocenters. The van der Waals surface area contributed by atoms with Gasteiger partial charge in [0.25, 0.3) is 0 Å². The molecule has 0 aromatic carbocycles. The van der Waals surface area contributed by atoms with Gasteiger partial charge in [-0.25, -0.2) is 4.79 Å². The number of esters is 1. The third kappa shape index (κ3) is 2.41. The van der Waals surface area contributed by atoms with Crippen molar-refractivity contribution in [2.24, 2.45) is 11.7 Å². The van der Waals surface area contributed by atoms with E-state index >= 15 is 0 Å². The fourth-order valence-electron chi connectivity index (χ4n) is 2.12. The van der Waals surface area contributed by atoms with E-state index < -0.39 is 0 Å². The fourth-order valence-corrected chi connectivity index (χ4v) is 2.12. The number of hydrogen-bond acceptors (Lipinski definition) is 4. The third-order valence-corrected chi connectivity index (χ3v) is 3.00. The van der Waals surface area contributed by atoms with Crippen molar-refractivity contribution in [3.63, 3.8) is 0 Å². The minimum Gasteiger partial charge on any atom is -0.462 e. The Bertz CT molecular complexity index is 338. The first-order valence-corrected chi connectivity index (χ1v) is 5.58. The van der Waals surface area contributed by atoms with E-state index in [1.807, 2.05) is 0 Å². The normalized spacial score (nSPS) is 29.3. The van der Waals surface area contributed by atoms with Crippen molar-refractivity contribution in [3.8, 4) is 0 Å². The zero-order chi connectivity index (χ0) is 11.5.